The third-order valence-electron chi connectivity index (χ3n) is 3.96. The Labute approximate surface area is 272 Å². The van der Waals surface area contributed by atoms with E-state index in [-0.39, 0.29) is 62.0 Å². The topological polar surface area (TPSA) is 78.2 Å². The second kappa shape index (κ2) is 19.6. The molecule has 5 nitrogen and oxygen atoms in total. The molecule has 0 aliphatic heterocycles. The number of hydrogen-bond donors (Lipinski definition) is 3. The second-order valence-electron chi connectivity index (χ2n) is 6.46. The van der Waals surface area contributed by atoms with Crippen LogP contribution in [0.25, 0.3) is 0 Å². The Morgan fingerprint density at radius 1 is 0.686 bits per heavy atom. The first-order valence-corrected chi connectivity index (χ1v) is 12.4. The normalized spacial score (nSPS) is 9.26. The van der Waals surface area contributed by atoms with Crippen molar-refractivity contribution in [2.45, 2.75) is 16.5 Å². The molecule has 2 aromatic heterocycles. The van der Waals surface area contributed by atoms with Crippen molar-refractivity contribution < 1.29 is 76.7 Å². The predicted molar refractivity (Wildman–Crippen MR) is 140 cm³/mol. The van der Waals surface area contributed by atoms with Gasteiger partial charge in [-0.3, -0.25) is 10.4 Å². The Morgan fingerprint density at radius 3 is 1.60 bits per heavy atom. The summed E-state index contributed by atoms with van der Waals surface area (Å²) in [6, 6.07) is 27.0. The van der Waals surface area contributed by atoms with Crippen LogP contribution in [0.4, 0.5) is 0 Å². The van der Waals surface area contributed by atoms with Crippen molar-refractivity contribution in [3.63, 3.8) is 0 Å². The van der Waals surface area contributed by atoms with Gasteiger partial charge in [-0.15, -0.1) is 0 Å². The minimum atomic E-state index is 0. The summed E-state index contributed by atoms with van der Waals surface area (Å²) in [5.74, 6) is 1.66. The molecular formula is C24H24Cl3KN2O3S2+2. The summed E-state index contributed by atoms with van der Waals surface area (Å²) in [4.78, 5) is 0. The molecule has 0 atom stereocenters. The number of rotatable bonds is 4. The number of thiol groups is 1. The van der Waals surface area contributed by atoms with E-state index in [2.05, 4.69) is 36.9 Å². The quantitative estimate of drug-likeness (QED) is 0.0839. The molecule has 11 heteroatoms. The molecule has 2 aromatic carbocycles. The molecule has 35 heavy (non-hydrogen) atoms. The molecule has 0 saturated carbocycles. The third kappa shape index (κ3) is 14.1. The molecule has 0 saturated heterocycles. The Kier molecular flexibility index (Phi) is 19.3. The SMILES string of the molecule is O[n+]1cc(Cl)ccc1Cl.O[n+]1cc(Cl)ccc1SCc1ccccc1.SCc1ccccc1.[K+].[OH-]. The molecule has 0 unspecified atom stereocenters. The molecule has 180 valence electrons. The van der Waals surface area contributed by atoms with Crippen LogP contribution in [0.2, 0.25) is 15.2 Å². The molecule has 0 radical (unpaired) electrons. The van der Waals surface area contributed by atoms with Gasteiger partial charge < -0.3 is 5.48 Å². The summed E-state index contributed by atoms with van der Waals surface area (Å²) in [6.45, 7) is 0. The van der Waals surface area contributed by atoms with Gasteiger partial charge in [0.05, 0.1) is 0 Å². The summed E-state index contributed by atoms with van der Waals surface area (Å²) in [5.41, 5.74) is 2.50. The molecule has 0 fully saturated rings. The maximum absolute atomic E-state index is 9.58. The number of nitrogens with zero attached hydrogens (tertiary/aromatic N) is 2. The maximum atomic E-state index is 9.58. The standard InChI is InChI=1S/C12H11ClNOS.C7H8S.C5H4Cl2NO.K.H2O/c13-11-6-7-12(14(15)8-11)16-9-10-4-2-1-3-5-10;8-6-7-4-2-1-3-5-7;6-4-1-2-5(7)8(9)3-4;;/h1-8,15H,9H2;1-5,8H,6H2;1-3,9H;;1H2/q+1;;2*+1;/p-1. The fraction of sp³-hybridized carbons (Fsp3) is 0.0833. The van der Waals surface area contributed by atoms with Crippen molar-refractivity contribution in [1.29, 1.82) is 0 Å². The van der Waals surface area contributed by atoms with Crippen molar-refractivity contribution in [2.24, 2.45) is 0 Å². The van der Waals surface area contributed by atoms with E-state index in [1.165, 1.54) is 29.6 Å². The predicted octanol–water partition coefficient (Wildman–Crippen LogP) is 3.62. The summed E-state index contributed by atoms with van der Waals surface area (Å²) >= 11 is 22.3. The summed E-state index contributed by atoms with van der Waals surface area (Å²) in [6.07, 6.45) is 2.79. The zero-order chi connectivity index (χ0) is 24.1. The van der Waals surface area contributed by atoms with E-state index in [1.807, 2.05) is 36.4 Å². The monoisotopic (exact) mass is 596 g/mol. The van der Waals surface area contributed by atoms with Crippen LogP contribution in [0.15, 0.2) is 102 Å². The average molecular weight is 598 g/mol. The Bertz CT molecular complexity index is 1130. The smallest absolute Gasteiger partial charge is 0.870 e. The number of hydrogen-bond acceptors (Lipinski definition) is 5. The first-order chi connectivity index (χ1) is 15.9. The van der Waals surface area contributed by atoms with Gasteiger partial charge in [-0.2, -0.15) is 12.6 Å². The first kappa shape index (κ1) is 34.5. The van der Waals surface area contributed by atoms with Crippen LogP contribution in [0, 0.1) is 0 Å². The molecule has 0 bridgehead atoms. The van der Waals surface area contributed by atoms with Crippen molar-refractivity contribution in [3.8, 4) is 0 Å². The van der Waals surface area contributed by atoms with Gasteiger partial charge >= 0.3 is 56.5 Å². The van der Waals surface area contributed by atoms with E-state index in [9.17, 15) is 5.21 Å². The van der Waals surface area contributed by atoms with Gasteiger partial charge in [0.1, 0.15) is 10.0 Å². The van der Waals surface area contributed by atoms with Crippen LogP contribution in [0.5, 0.6) is 0 Å². The van der Waals surface area contributed by atoms with Crippen molar-refractivity contribution in [2.75, 3.05) is 0 Å². The molecule has 0 spiro atoms. The molecular weight excluding hydrogens is 574 g/mol. The zero-order valence-corrected chi connectivity index (χ0v) is 26.0. The van der Waals surface area contributed by atoms with Crippen LogP contribution in [-0.2, 0) is 11.5 Å². The van der Waals surface area contributed by atoms with Gasteiger partial charge in [0, 0.05) is 33.1 Å². The molecule has 0 aliphatic carbocycles. The largest absolute Gasteiger partial charge is 1.00 e. The van der Waals surface area contributed by atoms with Crippen molar-refractivity contribution >= 4 is 59.2 Å². The molecule has 2 heterocycles. The number of aromatic nitrogens is 2. The molecule has 4 rings (SSSR count). The number of benzene rings is 2. The summed E-state index contributed by atoms with van der Waals surface area (Å²) < 4.78 is 1.81. The van der Waals surface area contributed by atoms with Crippen LogP contribution in [0.3, 0.4) is 0 Å². The maximum Gasteiger partial charge on any atom is 1.00 e. The molecule has 4 aromatic rings. The summed E-state index contributed by atoms with van der Waals surface area (Å²) in [5, 5.41) is 20.4. The minimum Gasteiger partial charge on any atom is -0.870 e. The second-order valence-corrected chi connectivity index (χ2v) is 9.03. The van der Waals surface area contributed by atoms with Gasteiger partial charge in [-0.1, -0.05) is 83.9 Å². The van der Waals surface area contributed by atoms with Gasteiger partial charge in [0.15, 0.2) is 0 Å². The number of pyridine rings is 2. The van der Waals surface area contributed by atoms with Crippen LogP contribution in [-0.4, -0.2) is 15.9 Å². The molecule has 0 amide bonds. The van der Waals surface area contributed by atoms with Crippen molar-refractivity contribution in [3.05, 3.63) is 124 Å². The van der Waals surface area contributed by atoms with Gasteiger partial charge in [-0.05, 0) is 46.6 Å². The number of halogens is 3. The van der Waals surface area contributed by atoms with E-state index in [1.54, 1.807) is 30.0 Å². The van der Waals surface area contributed by atoms with E-state index in [4.69, 9.17) is 40.0 Å². The Hall–Kier alpha value is -0.494. The molecule has 0 aliphatic rings. The molecule has 3 N–H and O–H groups in total. The van der Waals surface area contributed by atoms with E-state index in [0.29, 0.717) is 10.0 Å². The van der Waals surface area contributed by atoms with Gasteiger partial charge in [-0.25, -0.2) is 0 Å². The van der Waals surface area contributed by atoms with Gasteiger partial charge in [0.25, 0.3) is 5.03 Å². The fourth-order valence-electron chi connectivity index (χ4n) is 2.33. The Balaban J connectivity index is 0.000000523. The minimum absolute atomic E-state index is 0. The Morgan fingerprint density at radius 2 is 1.17 bits per heavy atom. The first-order valence-electron chi connectivity index (χ1n) is 9.67. The van der Waals surface area contributed by atoms with E-state index in [0.717, 1.165) is 26.0 Å². The van der Waals surface area contributed by atoms with E-state index >= 15 is 0 Å². The zero-order valence-electron chi connectivity index (χ0n) is 18.9. The third-order valence-corrected chi connectivity index (χ3v) is 6.16. The fourth-order valence-corrected chi connectivity index (χ4v) is 3.82. The average Bonchev–Trinajstić information content (AvgIpc) is 2.83. The summed E-state index contributed by atoms with van der Waals surface area (Å²) in [7, 11) is 0. The van der Waals surface area contributed by atoms with E-state index < -0.39 is 0 Å². The van der Waals surface area contributed by atoms with Crippen LogP contribution in [0.1, 0.15) is 11.1 Å². The van der Waals surface area contributed by atoms with Crippen LogP contribution >= 0.6 is 59.2 Å². The van der Waals surface area contributed by atoms with Crippen LogP contribution < -0.4 is 60.8 Å². The van der Waals surface area contributed by atoms with Crippen molar-refractivity contribution in [1.82, 2.24) is 0 Å². The number of thioether (sulfide) groups is 1. The van der Waals surface area contributed by atoms with Gasteiger partial charge in [0.2, 0.25) is 12.4 Å².